The molecule has 80 valence electrons. The van der Waals surface area contributed by atoms with Crippen LogP contribution in [0.2, 0.25) is 0 Å². The molecule has 1 heterocycles. The maximum absolute atomic E-state index is 12.5. The van der Waals surface area contributed by atoms with Crippen molar-refractivity contribution in [3.8, 4) is 11.5 Å². The summed E-state index contributed by atoms with van der Waals surface area (Å²) in [6.07, 6.45) is 0. The van der Waals surface area contributed by atoms with Crippen LogP contribution in [0.5, 0.6) is 11.5 Å². The van der Waals surface area contributed by atoms with Crippen molar-refractivity contribution in [1.82, 2.24) is 5.32 Å². The maximum atomic E-state index is 12.5. The number of hydrogen-bond donors (Lipinski definition) is 1. The summed E-state index contributed by atoms with van der Waals surface area (Å²) in [5.41, 5.74) is -0.727. The van der Waals surface area contributed by atoms with E-state index in [9.17, 15) is 4.79 Å². The monoisotopic (exact) mass is 216 g/mol. The van der Waals surface area contributed by atoms with E-state index in [1.165, 1.54) is 0 Å². The normalized spacial score (nSPS) is 30.1. The highest BCUT2D eigenvalue weighted by atomic mass is 16.7. The van der Waals surface area contributed by atoms with Gasteiger partial charge < -0.3 is 14.8 Å². The van der Waals surface area contributed by atoms with Crippen molar-refractivity contribution in [3.05, 3.63) is 23.7 Å². The predicted octanol–water partition coefficient (Wildman–Crippen LogP) is 1.21. The number of hydrogen-bond acceptors (Lipinski definition) is 4. The first-order valence-corrected chi connectivity index (χ1v) is 4.02. The van der Waals surface area contributed by atoms with Gasteiger partial charge in [-0.05, 0) is 32.0 Å². The summed E-state index contributed by atoms with van der Waals surface area (Å²) in [5, 5.41) is 1.79. The van der Waals surface area contributed by atoms with Gasteiger partial charge in [0.2, 0.25) is 6.75 Å². The molecular formula is C11H13NO3. The van der Waals surface area contributed by atoms with E-state index in [0.717, 1.165) is 6.92 Å². The van der Waals surface area contributed by atoms with Crippen LogP contribution in [0.3, 0.4) is 0 Å². The summed E-state index contributed by atoms with van der Waals surface area (Å²) in [7, 11) is 0. The first kappa shape index (κ1) is 3.79. The molecule has 0 unspecified atom stereocenters. The molecule has 2 rings (SSSR count). The minimum absolute atomic E-state index is 0.498. The number of ether oxygens (including phenoxy) is 2. The SMILES string of the molecule is [2H]c1c([2H])c(C(=O)[C@]([2H])(C)NC([2H])([2H])[2H])c([2H])c2c1OC([2H])([2H])O2. The van der Waals surface area contributed by atoms with Gasteiger partial charge in [0.15, 0.2) is 17.3 Å². The summed E-state index contributed by atoms with van der Waals surface area (Å²) in [5.74, 6) is -2.28. The Morgan fingerprint density at radius 3 is 3.33 bits per heavy atom. The van der Waals surface area contributed by atoms with Crippen molar-refractivity contribution in [2.24, 2.45) is 0 Å². The molecule has 1 aromatic rings. The summed E-state index contributed by atoms with van der Waals surface area (Å²) < 4.78 is 76.8. The Hall–Kier alpha value is -1.55. The molecule has 1 atom stereocenters. The molecule has 0 amide bonds. The molecular weight excluding hydrogens is 194 g/mol. The second-order valence-corrected chi connectivity index (χ2v) is 2.77. The highest BCUT2D eigenvalue weighted by Crippen LogP contribution is 2.32. The van der Waals surface area contributed by atoms with Crippen LogP contribution in [-0.2, 0) is 0 Å². The van der Waals surface area contributed by atoms with Crippen molar-refractivity contribution in [1.29, 1.82) is 0 Å². The zero-order valence-electron chi connectivity index (χ0n) is 16.7. The fraction of sp³-hybridized carbons (Fsp3) is 0.364. The van der Waals surface area contributed by atoms with Gasteiger partial charge in [0.05, 0.1) is 11.5 Å². The molecule has 0 saturated heterocycles. The smallest absolute Gasteiger partial charge is 0.231 e. The number of carbonyl (C=O) groups is 1. The van der Waals surface area contributed by atoms with Crippen LogP contribution in [0.4, 0.5) is 0 Å². The second-order valence-electron chi connectivity index (χ2n) is 2.77. The summed E-state index contributed by atoms with van der Waals surface area (Å²) in [4.78, 5) is 12.5. The summed E-state index contributed by atoms with van der Waals surface area (Å²) in [6, 6.07) is -4.63. The van der Waals surface area contributed by atoms with Gasteiger partial charge >= 0.3 is 0 Å². The number of likely N-dealkylation sites (N-methyl/N-ethyl adjacent to an activating group) is 1. The Morgan fingerprint density at radius 2 is 2.53 bits per heavy atom. The molecule has 0 fully saturated rings. The molecule has 0 bridgehead atoms. The van der Waals surface area contributed by atoms with Crippen LogP contribution >= 0.6 is 0 Å². The van der Waals surface area contributed by atoms with Gasteiger partial charge in [-0.3, -0.25) is 4.79 Å². The van der Waals surface area contributed by atoms with Crippen molar-refractivity contribution < 1.29 is 26.6 Å². The van der Waals surface area contributed by atoms with Gasteiger partial charge in [0.25, 0.3) is 0 Å². The molecule has 15 heavy (non-hydrogen) atoms. The number of nitrogens with one attached hydrogen (secondary N) is 1. The Morgan fingerprint density at radius 1 is 1.73 bits per heavy atom. The summed E-state index contributed by atoms with van der Waals surface area (Å²) in [6.45, 7) is -4.55. The molecule has 4 heteroatoms. The van der Waals surface area contributed by atoms with Crippen molar-refractivity contribution in [3.63, 3.8) is 0 Å². The lowest BCUT2D eigenvalue weighted by atomic mass is 10.1. The predicted molar refractivity (Wildman–Crippen MR) is 55.4 cm³/mol. The van der Waals surface area contributed by atoms with Crippen LogP contribution < -0.4 is 14.8 Å². The topological polar surface area (TPSA) is 47.6 Å². The quantitative estimate of drug-likeness (QED) is 0.771. The highest BCUT2D eigenvalue weighted by Gasteiger charge is 2.18. The molecule has 0 aliphatic carbocycles. The largest absolute Gasteiger partial charge is 0.454 e. The third-order valence-electron chi connectivity index (χ3n) is 1.79. The van der Waals surface area contributed by atoms with Crippen molar-refractivity contribution in [2.45, 2.75) is 12.9 Å². The molecule has 1 aliphatic heterocycles. The molecule has 1 aromatic carbocycles. The molecule has 0 aromatic heterocycles. The lowest BCUT2D eigenvalue weighted by Gasteiger charge is -2.09. The average Bonchev–Trinajstić information content (AvgIpc) is 2.70. The van der Waals surface area contributed by atoms with Crippen LogP contribution in [-0.4, -0.2) is 25.5 Å². The Labute approximate surface area is 101 Å². The Kier molecular flexibility index (Phi) is 0.986. The standard InChI is InChI=1S/C11H13NO3/c1-7(12-2)11(13)8-3-4-9-10(5-8)15-6-14-9/h3-5,7,12H,6H2,1-2H3/t7-/m0/s1/i2D3,3D,4D,5D,6D2,7D. The molecule has 1 N–H and O–H groups in total. The molecule has 0 radical (unpaired) electrons. The third kappa shape index (κ3) is 1.80. The van der Waals surface area contributed by atoms with E-state index < -0.39 is 60.7 Å². The molecule has 0 spiro atoms. The van der Waals surface area contributed by atoms with Gasteiger partial charge in [-0.25, -0.2) is 0 Å². The lowest BCUT2D eigenvalue weighted by molar-refractivity contribution is 0.0954. The van der Waals surface area contributed by atoms with Gasteiger partial charge in [-0.2, -0.15) is 0 Å². The second kappa shape index (κ2) is 3.90. The first-order chi connectivity index (χ1) is 10.7. The van der Waals surface area contributed by atoms with Crippen LogP contribution in [0.15, 0.2) is 18.1 Å². The average molecular weight is 216 g/mol. The maximum Gasteiger partial charge on any atom is 0.231 e. The van der Waals surface area contributed by atoms with Gasteiger partial charge in [-0.15, -0.1) is 0 Å². The highest BCUT2D eigenvalue weighted by molar-refractivity contribution is 6.00. The van der Waals surface area contributed by atoms with Crippen LogP contribution in [0.25, 0.3) is 0 Å². The van der Waals surface area contributed by atoms with E-state index in [1.807, 2.05) is 0 Å². The fourth-order valence-corrected chi connectivity index (χ4v) is 0.983. The molecule has 4 nitrogen and oxygen atoms in total. The van der Waals surface area contributed by atoms with E-state index in [-0.39, 0.29) is 0 Å². The Balaban J connectivity index is 2.57. The number of carbonyl (C=O) groups excluding carboxylic acids is 1. The molecule has 0 saturated carbocycles. The van der Waals surface area contributed by atoms with Gasteiger partial charge in [0.1, 0.15) is 2.74 Å². The zero-order valence-corrected chi connectivity index (χ0v) is 7.72. The van der Waals surface area contributed by atoms with E-state index in [1.54, 1.807) is 5.32 Å². The number of rotatable bonds is 3. The molecule has 1 aliphatic rings. The first-order valence-electron chi connectivity index (χ1n) is 8.52. The van der Waals surface area contributed by atoms with E-state index >= 15 is 0 Å². The number of fused-ring (bicyclic) bond motifs is 1. The minimum atomic E-state index is -2.83. The van der Waals surface area contributed by atoms with Gasteiger partial charge in [-0.1, -0.05) is 0 Å². The number of benzene rings is 1. The number of ketones is 1. The lowest BCUT2D eigenvalue weighted by Crippen LogP contribution is -2.30. The van der Waals surface area contributed by atoms with Crippen LogP contribution in [0.1, 0.15) is 29.6 Å². The van der Waals surface area contributed by atoms with Crippen molar-refractivity contribution >= 4 is 5.78 Å². The zero-order chi connectivity index (χ0) is 18.7. The van der Waals surface area contributed by atoms with E-state index in [4.69, 9.17) is 21.8 Å². The summed E-state index contributed by atoms with van der Waals surface area (Å²) >= 11 is 0. The van der Waals surface area contributed by atoms with E-state index in [0.29, 0.717) is 0 Å². The minimum Gasteiger partial charge on any atom is -0.454 e. The van der Waals surface area contributed by atoms with E-state index in [2.05, 4.69) is 0 Å². The van der Waals surface area contributed by atoms with Crippen LogP contribution in [0, 0.1) is 0 Å². The third-order valence-corrected chi connectivity index (χ3v) is 1.79. The Bertz CT molecular complexity index is 714. The number of Topliss-reactive ketones (excluding diaryl/α,β-unsaturated/α-hetero) is 1. The van der Waals surface area contributed by atoms with Crippen molar-refractivity contribution in [2.75, 3.05) is 13.7 Å². The fourth-order valence-electron chi connectivity index (χ4n) is 0.983. The van der Waals surface area contributed by atoms with Gasteiger partial charge in [0, 0.05) is 9.68 Å².